The van der Waals surface area contributed by atoms with Gasteiger partial charge >= 0.3 is 26.2 Å². The van der Waals surface area contributed by atoms with E-state index in [1.54, 1.807) is 0 Å². The van der Waals surface area contributed by atoms with Crippen LogP contribution in [0.15, 0.2) is 0 Å². The fourth-order valence-corrected chi connectivity index (χ4v) is 1.68. The summed E-state index contributed by atoms with van der Waals surface area (Å²) < 4.78 is 0. The van der Waals surface area contributed by atoms with Gasteiger partial charge < -0.3 is 13.3 Å². The molecular weight excluding hydrogens is 199 g/mol. The van der Waals surface area contributed by atoms with E-state index < -0.39 is 0 Å². The predicted molar refractivity (Wildman–Crippen MR) is 40.8 cm³/mol. The van der Waals surface area contributed by atoms with Crippen molar-refractivity contribution in [2.75, 3.05) is 0 Å². The molecule has 2 atom stereocenters. The van der Waals surface area contributed by atoms with Crippen LogP contribution in [0.4, 0.5) is 0 Å². The summed E-state index contributed by atoms with van der Waals surface area (Å²) in [5.41, 5.74) is 0. The molecule has 1 aliphatic carbocycles. The second-order valence-corrected chi connectivity index (χ2v) is 3.00. The molecule has 0 bridgehead atoms. The van der Waals surface area contributed by atoms with Gasteiger partial charge in [-0.3, -0.25) is 0 Å². The summed E-state index contributed by atoms with van der Waals surface area (Å²) in [6.45, 7) is 6.32. The quantitative estimate of drug-likeness (QED) is 0.622. The summed E-state index contributed by atoms with van der Waals surface area (Å²) in [6, 6.07) is 0. The largest absolute Gasteiger partial charge is 2.00 e. The van der Waals surface area contributed by atoms with E-state index in [1.165, 1.54) is 25.7 Å². The Balaban J connectivity index is 0.000000810. The predicted octanol–water partition coefficient (Wildman–Crippen LogP) is 2.85. The second kappa shape index (κ2) is 5.52. The van der Waals surface area contributed by atoms with Crippen LogP contribution in [0, 0.1) is 25.2 Å². The first kappa shape index (κ1) is 10.9. The maximum Gasteiger partial charge on any atom is 2.00 e. The van der Waals surface area contributed by atoms with Gasteiger partial charge in [-0.1, -0.05) is 26.2 Å². The van der Waals surface area contributed by atoms with Gasteiger partial charge in [0.1, 0.15) is 0 Å². The van der Waals surface area contributed by atoms with Gasteiger partial charge in [-0.2, -0.15) is 18.3 Å². The minimum atomic E-state index is 0. The van der Waals surface area contributed by atoms with E-state index in [-0.39, 0.29) is 26.2 Å². The van der Waals surface area contributed by atoms with E-state index in [2.05, 4.69) is 20.3 Å². The van der Waals surface area contributed by atoms with Crippen LogP contribution in [0.2, 0.25) is 0 Å². The summed E-state index contributed by atoms with van der Waals surface area (Å²) in [7, 11) is 0. The molecule has 0 aliphatic heterocycles. The zero-order chi connectivity index (χ0) is 6.69. The Hall–Kier alpha value is 0.883. The minimum absolute atomic E-state index is 0. The standard InChI is InChI=1S/C9H16.Zr/c1-3-5-9-7-4-6-8(9)2;/h5,8-9H,2-4,6-7H2,1H3;/q-2;+2/t8-,9-;/m0./s1. The van der Waals surface area contributed by atoms with Crippen LogP contribution in [0.1, 0.15) is 32.6 Å². The van der Waals surface area contributed by atoms with Crippen LogP contribution in [-0.2, 0) is 26.2 Å². The Morgan fingerprint density at radius 2 is 2.20 bits per heavy atom. The fourth-order valence-electron chi connectivity index (χ4n) is 1.68. The van der Waals surface area contributed by atoms with Crippen LogP contribution in [-0.4, -0.2) is 0 Å². The molecule has 1 heteroatoms. The van der Waals surface area contributed by atoms with Crippen molar-refractivity contribution in [3.63, 3.8) is 0 Å². The molecule has 0 nitrogen and oxygen atoms in total. The molecule has 0 aromatic carbocycles. The molecule has 1 aliphatic rings. The van der Waals surface area contributed by atoms with Gasteiger partial charge in [0.15, 0.2) is 0 Å². The van der Waals surface area contributed by atoms with Crippen molar-refractivity contribution in [1.82, 2.24) is 0 Å². The average Bonchev–Trinajstić information content (AvgIpc) is 2.18. The number of hydrogen-bond donors (Lipinski definition) is 0. The monoisotopic (exact) mass is 214 g/mol. The average molecular weight is 215 g/mol. The third-order valence-corrected chi connectivity index (χ3v) is 2.26. The maximum atomic E-state index is 4.11. The number of hydrogen-bond acceptors (Lipinski definition) is 0. The molecule has 0 aromatic heterocycles. The molecule has 0 N–H and O–H groups in total. The summed E-state index contributed by atoms with van der Waals surface area (Å²) in [5.74, 6) is 1.57. The van der Waals surface area contributed by atoms with Crippen molar-refractivity contribution >= 4 is 0 Å². The number of rotatable bonds is 2. The van der Waals surface area contributed by atoms with Gasteiger partial charge in [0.05, 0.1) is 0 Å². The Kier molecular flexibility index (Phi) is 6.01. The SMILES string of the molecule is [CH2-][C@H]1CCC[C@@H]1[CH-]CC.[Zr+2]. The van der Waals surface area contributed by atoms with Crippen LogP contribution in [0.25, 0.3) is 0 Å². The van der Waals surface area contributed by atoms with E-state index in [4.69, 9.17) is 0 Å². The van der Waals surface area contributed by atoms with Gasteiger partial charge in [-0.25, -0.2) is 0 Å². The molecule has 0 aromatic rings. The van der Waals surface area contributed by atoms with Crippen molar-refractivity contribution < 1.29 is 26.2 Å². The third kappa shape index (κ3) is 2.86. The van der Waals surface area contributed by atoms with Crippen molar-refractivity contribution in [1.29, 1.82) is 0 Å². The first-order valence-electron chi connectivity index (χ1n) is 4.01. The van der Waals surface area contributed by atoms with E-state index in [1.807, 2.05) is 0 Å². The zero-order valence-electron chi connectivity index (χ0n) is 6.77. The molecule has 0 amide bonds. The van der Waals surface area contributed by atoms with Crippen LogP contribution >= 0.6 is 0 Å². The summed E-state index contributed by atoms with van der Waals surface area (Å²) in [5, 5.41) is 0. The molecule has 0 heterocycles. The van der Waals surface area contributed by atoms with Crippen LogP contribution in [0.5, 0.6) is 0 Å². The minimum Gasteiger partial charge on any atom is -0.342 e. The van der Waals surface area contributed by atoms with Crippen molar-refractivity contribution in [2.45, 2.75) is 32.6 Å². The van der Waals surface area contributed by atoms with Gasteiger partial charge in [0.2, 0.25) is 0 Å². The normalized spacial score (nSPS) is 31.8. The van der Waals surface area contributed by atoms with Crippen LogP contribution < -0.4 is 0 Å². The van der Waals surface area contributed by atoms with E-state index >= 15 is 0 Å². The molecule has 0 unspecified atom stereocenters. The molecule has 0 spiro atoms. The van der Waals surface area contributed by atoms with Crippen molar-refractivity contribution in [3.05, 3.63) is 13.3 Å². The van der Waals surface area contributed by atoms with Gasteiger partial charge in [-0.15, -0.1) is 0 Å². The van der Waals surface area contributed by atoms with Gasteiger partial charge in [0, 0.05) is 0 Å². The molecule has 1 saturated carbocycles. The Morgan fingerprint density at radius 3 is 2.60 bits per heavy atom. The summed E-state index contributed by atoms with van der Waals surface area (Å²) in [6.07, 6.45) is 7.78. The molecule has 1 rings (SSSR count). The molecule has 0 radical (unpaired) electrons. The third-order valence-electron chi connectivity index (χ3n) is 2.26. The molecule has 0 saturated heterocycles. The molecule has 1 fully saturated rings. The Bertz CT molecular complexity index is 80.8. The first-order chi connectivity index (χ1) is 4.34. The smallest absolute Gasteiger partial charge is 0.342 e. The summed E-state index contributed by atoms with van der Waals surface area (Å²) in [4.78, 5) is 0. The van der Waals surface area contributed by atoms with E-state index in [0.717, 1.165) is 11.8 Å². The van der Waals surface area contributed by atoms with Crippen molar-refractivity contribution in [3.8, 4) is 0 Å². The molecule has 56 valence electrons. The second-order valence-electron chi connectivity index (χ2n) is 3.00. The van der Waals surface area contributed by atoms with E-state index in [0.29, 0.717) is 0 Å². The van der Waals surface area contributed by atoms with Gasteiger partial charge in [-0.05, 0) is 0 Å². The fraction of sp³-hybridized carbons (Fsp3) is 0.778. The maximum absolute atomic E-state index is 4.11. The zero-order valence-corrected chi connectivity index (χ0v) is 9.23. The Labute approximate surface area is 83.9 Å². The first-order valence-corrected chi connectivity index (χ1v) is 4.01. The van der Waals surface area contributed by atoms with E-state index in [9.17, 15) is 0 Å². The molecule has 10 heavy (non-hydrogen) atoms. The molecular formula is C9H16Zr. The Morgan fingerprint density at radius 1 is 1.50 bits per heavy atom. The van der Waals surface area contributed by atoms with Crippen LogP contribution in [0.3, 0.4) is 0 Å². The topological polar surface area (TPSA) is 0 Å². The van der Waals surface area contributed by atoms with Gasteiger partial charge in [0.25, 0.3) is 0 Å². The van der Waals surface area contributed by atoms with Crippen molar-refractivity contribution in [2.24, 2.45) is 11.8 Å². The summed E-state index contributed by atoms with van der Waals surface area (Å²) >= 11 is 0.